The Morgan fingerprint density at radius 2 is 2.03 bits per heavy atom. The Morgan fingerprint density at radius 3 is 2.81 bits per heavy atom. The lowest BCUT2D eigenvalue weighted by Crippen LogP contribution is -2.50. The van der Waals surface area contributed by atoms with E-state index in [1.54, 1.807) is 18.7 Å². The van der Waals surface area contributed by atoms with Gasteiger partial charge in [0.25, 0.3) is 5.91 Å². The number of aromatic amines is 1. The minimum absolute atomic E-state index is 0.288. The average Bonchev–Trinajstić information content (AvgIpc) is 3.28. The van der Waals surface area contributed by atoms with Gasteiger partial charge < -0.3 is 15.2 Å². The fourth-order valence-electron chi connectivity index (χ4n) is 5.50. The van der Waals surface area contributed by atoms with E-state index in [0.29, 0.717) is 19.5 Å². The molecule has 2 atom stereocenters. The van der Waals surface area contributed by atoms with E-state index >= 15 is 0 Å². The molecule has 2 aliphatic heterocycles. The number of aromatic nitrogens is 1. The first kappa shape index (κ1) is 20.8. The first-order chi connectivity index (χ1) is 15.4. The van der Waals surface area contributed by atoms with Crippen LogP contribution in [0.5, 0.6) is 0 Å². The highest BCUT2D eigenvalue weighted by Crippen LogP contribution is 2.44. The van der Waals surface area contributed by atoms with Gasteiger partial charge in [-0.3, -0.25) is 9.59 Å². The molecule has 0 saturated carbocycles. The Hall–Kier alpha value is -3.09. The lowest BCUT2D eigenvalue weighted by Gasteiger charge is -2.36. The first-order valence-corrected chi connectivity index (χ1v) is 11.6. The van der Waals surface area contributed by atoms with Gasteiger partial charge in [0.2, 0.25) is 5.91 Å². The smallest absolute Gasteiger partial charge is 0.328 e. The van der Waals surface area contributed by atoms with Gasteiger partial charge in [0.05, 0.1) is 5.69 Å². The van der Waals surface area contributed by atoms with Gasteiger partial charge in [-0.2, -0.15) is 0 Å². The molecule has 2 N–H and O–H groups in total. The van der Waals surface area contributed by atoms with E-state index in [2.05, 4.69) is 16.4 Å². The molecule has 1 fully saturated rings. The van der Waals surface area contributed by atoms with E-state index < -0.39 is 11.6 Å². The zero-order valence-corrected chi connectivity index (χ0v) is 18.7. The van der Waals surface area contributed by atoms with Crippen LogP contribution in [0.3, 0.4) is 0 Å². The van der Waals surface area contributed by atoms with Crippen molar-refractivity contribution in [2.45, 2.75) is 64.0 Å². The van der Waals surface area contributed by atoms with Crippen LogP contribution in [0.1, 0.15) is 57.2 Å². The van der Waals surface area contributed by atoms with Crippen molar-refractivity contribution in [3.05, 3.63) is 47.2 Å². The van der Waals surface area contributed by atoms with Crippen molar-refractivity contribution < 1.29 is 14.4 Å². The van der Waals surface area contributed by atoms with E-state index in [-0.39, 0.29) is 17.8 Å². The summed E-state index contributed by atoms with van der Waals surface area (Å²) in [4.78, 5) is 45.9. The first-order valence-electron chi connectivity index (χ1n) is 11.6. The van der Waals surface area contributed by atoms with Gasteiger partial charge in [0.1, 0.15) is 6.04 Å². The quantitative estimate of drug-likeness (QED) is 0.557. The topological polar surface area (TPSA) is 85.5 Å². The van der Waals surface area contributed by atoms with E-state index in [0.717, 1.165) is 46.3 Å². The molecule has 5 rings (SSSR count). The number of carbonyl (C=O) groups is 3. The Bertz CT molecular complexity index is 1130. The number of hydrogen-bond acceptors (Lipinski definition) is 3. The number of nitrogens with one attached hydrogen (secondary N) is 2. The molecular formula is C25H30N4O3. The molecule has 3 heterocycles. The summed E-state index contributed by atoms with van der Waals surface area (Å²) in [7, 11) is 0. The number of amides is 4. The van der Waals surface area contributed by atoms with Crippen molar-refractivity contribution in [3.63, 3.8) is 0 Å². The molecule has 0 bridgehead atoms. The van der Waals surface area contributed by atoms with Crippen LogP contribution < -0.4 is 5.32 Å². The molecule has 1 saturated heterocycles. The zero-order valence-electron chi connectivity index (χ0n) is 18.7. The summed E-state index contributed by atoms with van der Waals surface area (Å²) in [5.74, 6) is -0.629. The second-order valence-electron chi connectivity index (χ2n) is 9.28. The molecule has 168 valence electrons. The number of H-pyrrole nitrogens is 1. The Kier molecular flexibility index (Phi) is 5.07. The minimum Gasteiger partial charge on any atom is -0.356 e. The van der Waals surface area contributed by atoms with Crippen LogP contribution in [0, 0.1) is 0 Å². The average molecular weight is 435 g/mol. The van der Waals surface area contributed by atoms with Crippen molar-refractivity contribution >= 4 is 28.7 Å². The second kappa shape index (κ2) is 7.80. The summed E-state index contributed by atoms with van der Waals surface area (Å²) in [5, 5.41) is 4.02. The summed E-state index contributed by atoms with van der Waals surface area (Å²) in [6.07, 6.45) is 8.41. The van der Waals surface area contributed by atoms with Crippen LogP contribution in [0.2, 0.25) is 0 Å². The number of rotatable bonds is 5. The number of benzene rings is 1. The molecule has 1 aromatic carbocycles. The third-order valence-electron chi connectivity index (χ3n) is 7.40. The molecule has 32 heavy (non-hydrogen) atoms. The maximum Gasteiger partial charge on any atom is 0.328 e. The second-order valence-corrected chi connectivity index (χ2v) is 9.28. The molecule has 2 unspecified atom stereocenters. The number of para-hydroxylation sites is 1. The summed E-state index contributed by atoms with van der Waals surface area (Å²) in [6, 6.07) is 6.71. The summed E-state index contributed by atoms with van der Waals surface area (Å²) >= 11 is 0. The predicted molar refractivity (Wildman–Crippen MR) is 122 cm³/mol. The highest BCUT2D eigenvalue weighted by molar-refractivity contribution is 6.10. The largest absolute Gasteiger partial charge is 0.356 e. The third-order valence-corrected chi connectivity index (χ3v) is 7.40. The van der Waals surface area contributed by atoms with E-state index in [1.807, 2.05) is 24.3 Å². The molecular weight excluding hydrogens is 404 g/mol. The highest BCUT2D eigenvalue weighted by Gasteiger charge is 2.60. The van der Waals surface area contributed by atoms with Gasteiger partial charge in [-0.05, 0) is 64.0 Å². The van der Waals surface area contributed by atoms with Gasteiger partial charge in [-0.15, -0.1) is 0 Å². The van der Waals surface area contributed by atoms with E-state index in [1.165, 1.54) is 18.4 Å². The molecule has 1 aromatic heterocycles. The van der Waals surface area contributed by atoms with Crippen LogP contribution in [0.25, 0.3) is 10.9 Å². The molecule has 0 spiro atoms. The Labute approximate surface area is 187 Å². The molecule has 3 aliphatic rings. The number of nitrogens with zero attached hydrogens (tertiary/aromatic N) is 2. The Morgan fingerprint density at radius 1 is 1.22 bits per heavy atom. The number of carbonyl (C=O) groups excluding carboxylic acids is 3. The lowest BCUT2D eigenvalue weighted by molar-refractivity contribution is -0.139. The van der Waals surface area contributed by atoms with Gasteiger partial charge >= 0.3 is 6.03 Å². The van der Waals surface area contributed by atoms with Crippen molar-refractivity contribution in [1.29, 1.82) is 0 Å². The standard InChI is InChI=1S/C25H30N4O3/c1-16(22(30)26-14-12-17-8-4-3-5-9-17)29-23(31)25(2)21-19(13-15-28(25)24(29)32)18-10-6-7-11-20(18)27-21/h6-8,10-11,16,27H,3-5,9,12-15H2,1-2H3,(H,26,30). The summed E-state index contributed by atoms with van der Waals surface area (Å²) in [6.45, 7) is 4.41. The van der Waals surface area contributed by atoms with Crippen molar-refractivity contribution in [3.8, 4) is 0 Å². The maximum atomic E-state index is 13.6. The normalized spacial score (nSPS) is 23.8. The van der Waals surface area contributed by atoms with Crippen LogP contribution in [0.4, 0.5) is 4.79 Å². The molecule has 7 heteroatoms. The van der Waals surface area contributed by atoms with E-state index in [9.17, 15) is 14.4 Å². The maximum absolute atomic E-state index is 13.6. The lowest BCUT2D eigenvalue weighted by atomic mass is 9.87. The van der Waals surface area contributed by atoms with Gasteiger partial charge in [-0.25, -0.2) is 9.69 Å². The molecule has 4 amide bonds. The fraction of sp³-hybridized carbons (Fsp3) is 0.480. The van der Waals surface area contributed by atoms with Crippen LogP contribution in [-0.2, 0) is 21.5 Å². The molecule has 1 aliphatic carbocycles. The molecule has 2 aromatic rings. The number of imide groups is 1. The SMILES string of the molecule is CC(C(=O)NCCC1=CCCCC1)N1C(=O)N2CCc3c([nH]c4ccccc34)C2(C)C1=O. The van der Waals surface area contributed by atoms with Gasteiger partial charge in [0.15, 0.2) is 5.54 Å². The number of fused-ring (bicyclic) bond motifs is 5. The summed E-state index contributed by atoms with van der Waals surface area (Å²) < 4.78 is 0. The zero-order chi connectivity index (χ0) is 22.5. The predicted octanol–water partition coefficient (Wildman–Crippen LogP) is 3.60. The van der Waals surface area contributed by atoms with Crippen LogP contribution >= 0.6 is 0 Å². The van der Waals surface area contributed by atoms with E-state index in [4.69, 9.17) is 0 Å². The van der Waals surface area contributed by atoms with Gasteiger partial charge in [0, 0.05) is 24.0 Å². The molecule has 0 radical (unpaired) electrons. The Balaban J connectivity index is 1.36. The van der Waals surface area contributed by atoms with Crippen molar-refractivity contribution in [1.82, 2.24) is 20.1 Å². The van der Waals surface area contributed by atoms with Crippen molar-refractivity contribution in [2.24, 2.45) is 0 Å². The number of allylic oxidation sites excluding steroid dienone is 1. The third kappa shape index (κ3) is 3.05. The number of hydrogen-bond donors (Lipinski definition) is 2. The fourth-order valence-corrected chi connectivity index (χ4v) is 5.50. The number of urea groups is 1. The van der Waals surface area contributed by atoms with Gasteiger partial charge in [-0.1, -0.05) is 29.8 Å². The van der Waals surface area contributed by atoms with Crippen molar-refractivity contribution in [2.75, 3.05) is 13.1 Å². The summed E-state index contributed by atoms with van der Waals surface area (Å²) in [5.41, 5.74) is 3.07. The monoisotopic (exact) mass is 434 g/mol. The highest BCUT2D eigenvalue weighted by atomic mass is 16.2. The van der Waals surface area contributed by atoms with Crippen LogP contribution in [0.15, 0.2) is 35.9 Å². The minimum atomic E-state index is -1.12. The van der Waals surface area contributed by atoms with Crippen LogP contribution in [-0.4, -0.2) is 51.8 Å². The molecule has 7 nitrogen and oxygen atoms in total.